The summed E-state index contributed by atoms with van der Waals surface area (Å²) in [6.07, 6.45) is 3.05. The Kier molecular flexibility index (Phi) is 3.73. The first kappa shape index (κ1) is 13.4. The number of amides is 1. The van der Waals surface area contributed by atoms with E-state index in [1.807, 2.05) is 24.3 Å². The molecular weight excluding hydrogens is 268 g/mol. The summed E-state index contributed by atoms with van der Waals surface area (Å²) in [6, 6.07) is 10.9. The van der Waals surface area contributed by atoms with Crippen molar-refractivity contribution >= 4 is 5.91 Å². The van der Waals surface area contributed by atoms with Crippen molar-refractivity contribution < 1.29 is 14.3 Å². The summed E-state index contributed by atoms with van der Waals surface area (Å²) < 4.78 is 11.5. The van der Waals surface area contributed by atoms with Gasteiger partial charge in [-0.3, -0.25) is 9.78 Å². The molecule has 5 nitrogen and oxygen atoms in total. The van der Waals surface area contributed by atoms with Gasteiger partial charge in [-0.1, -0.05) is 12.1 Å². The van der Waals surface area contributed by atoms with Gasteiger partial charge < -0.3 is 14.4 Å². The van der Waals surface area contributed by atoms with Crippen LogP contribution in [-0.2, 0) is 0 Å². The normalized spacial score (nSPS) is 16.3. The lowest BCUT2D eigenvalue weighted by molar-refractivity contribution is 0.0521. The minimum atomic E-state index is -0.171. The van der Waals surface area contributed by atoms with E-state index in [2.05, 4.69) is 4.98 Å². The van der Waals surface area contributed by atoms with E-state index in [1.165, 1.54) is 0 Å². The molecule has 0 N–H and O–H groups in total. The summed E-state index contributed by atoms with van der Waals surface area (Å²) in [5.74, 6) is 1.41. The molecule has 1 aliphatic rings. The van der Waals surface area contributed by atoms with Gasteiger partial charge in [0, 0.05) is 25.0 Å². The molecular formula is C16H16N2O3. The Labute approximate surface area is 123 Å². The minimum absolute atomic E-state index is 0.0557. The van der Waals surface area contributed by atoms with Gasteiger partial charge in [-0.15, -0.1) is 0 Å². The summed E-state index contributed by atoms with van der Waals surface area (Å²) in [4.78, 5) is 17.8. The highest BCUT2D eigenvalue weighted by molar-refractivity contribution is 5.93. The number of ether oxygens (including phenoxy) is 2. The molecule has 21 heavy (non-hydrogen) atoms. The van der Waals surface area contributed by atoms with Crippen LogP contribution in [-0.4, -0.2) is 42.1 Å². The number of nitrogens with zero attached hydrogens (tertiary/aromatic N) is 2. The highest BCUT2D eigenvalue weighted by Crippen LogP contribution is 2.30. The molecule has 1 aromatic heterocycles. The minimum Gasteiger partial charge on any atom is -0.486 e. The predicted octanol–water partition coefficient (Wildman–Crippen LogP) is 1.99. The van der Waals surface area contributed by atoms with E-state index in [0.717, 1.165) is 11.5 Å². The zero-order valence-electron chi connectivity index (χ0n) is 11.7. The molecule has 1 atom stereocenters. The fourth-order valence-corrected chi connectivity index (χ4v) is 2.26. The van der Waals surface area contributed by atoms with Crippen molar-refractivity contribution in [2.24, 2.45) is 0 Å². The van der Waals surface area contributed by atoms with Crippen molar-refractivity contribution in [2.45, 2.75) is 6.10 Å². The molecule has 0 fully saturated rings. The number of rotatable bonds is 3. The molecule has 0 saturated heterocycles. The van der Waals surface area contributed by atoms with Gasteiger partial charge in [-0.05, 0) is 24.3 Å². The number of fused-ring (bicyclic) bond motifs is 1. The lowest BCUT2D eigenvalue weighted by atomic mass is 10.2. The molecule has 1 aromatic carbocycles. The summed E-state index contributed by atoms with van der Waals surface area (Å²) in [7, 11) is 1.76. The van der Waals surface area contributed by atoms with Crippen LogP contribution in [0.2, 0.25) is 0 Å². The molecule has 3 rings (SSSR count). The number of para-hydroxylation sites is 2. The standard InChI is InChI=1S/C16H16N2O3/c1-18(16(19)12-6-8-17-9-7-12)10-13-11-20-14-4-2-3-5-15(14)21-13/h2-9,13H,10-11H2,1H3. The summed E-state index contributed by atoms with van der Waals surface area (Å²) in [6.45, 7) is 0.903. The molecule has 0 aliphatic carbocycles. The van der Waals surface area contributed by atoms with Crippen LogP contribution in [0.5, 0.6) is 11.5 Å². The number of likely N-dealkylation sites (N-methyl/N-ethyl adjacent to an activating group) is 1. The van der Waals surface area contributed by atoms with Crippen LogP contribution in [0.15, 0.2) is 48.8 Å². The molecule has 108 valence electrons. The predicted molar refractivity (Wildman–Crippen MR) is 77.6 cm³/mol. The largest absolute Gasteiger partial charge is 0.486 e. The molecule has 2 aromatic rings. The van der Waals surface area contributed by atoms with Crippen LogP contribution < -0.4 is 9.47 Å². The van der Waals surface area contributed by atoms with E-state index in [4.69, 9.17) is 9.47 Å². The number of benzene rings is 1. The molecule has 5 heteroatoms. The molecule has 1 aliphatic heterocycles. The van der Waals surface area contributed by atoms with Crippen LogP contribution in [0.3, 0.4) is 0 Å². The Morgan fingerprint density at radius 1 is 1.24 bits per heavy atom. The van der Waals surface area contributed by atoms with Crippen LogP contribution >= 0.6 is 0 Å². The molecule has 0 radical (unpaired) electrons. The van der Waals surface area contributed by atoms with Crippen molar-refractivity contribution in [3.63, 3.8) is 0 Å². The molecule has 1 unspecified atom stereocenters. The van der Waals surface area contributed by atoms with Gasteiger partial charge in [0.25, 0.3) is 5.91 Å². The smallest absolute Gasteiger partial charge is 0.253 e. The van der Waals surface area contributed by atoms with Crippen LogP contribution in [0, 0.1) is 0 Å². The average molecular weight is 284 g/mol. The van der Waals surface area contributed by atoms with Crippen LogP contribution in [0.4, 0.5) is 0 Å². The maximum atomic E-state index is 12.3. The third kappa shape index (κ3) is 2.97. The Balaban J connectivity index is 1.64. The Morgan fingerprint density at radius 3 is 2.71 bits per heavy atom. The summed E-state index contributed by atoms with van der Waals surface area (Å²) in [5, 5.41) is 0. The fraction of sp³-hybridized carbons (Fsp3) is 0.250. The van der Waals surface area contributed by atoms with Crippen LogP contribution in [0.1, 0.15) is 10.4 Å². The average Bonchev–Trinajstić information content (AvgIpc) is 2.55. The van der Waals surface area contributed by atoms with Gasteiger partial charge in [0.1, 0.15) is 6.61 Å². The Bertz CT molecular complexity index is 630. The van der Waals surface area contributed by atoms with Crippen LogP contribution in [0.25, 0.3) is 0 Å². The third-order valence-electron chi connectivity index (χ3n) is 3.32. The monoisotopic (exact) mass is 284 g/mol. The van der Waals surface area contributed by atoms with Crippen molar-refractivity contribution in [1.82, 2.24) is 9.88 Å². The zero-order chi connectivity index (χ0) is 14.7. The second kappa shape index (κ2) is 5.83. The first-order valence-corrected chi connectivity index (χ1v) is 6.78. The topological polar surface area (TPSA) is 51.7 Å². The fourth-order valence-electron chi connectivity index (χ4n) is 2.26. The van der Waals surface area contributed by atoms with E-state index in [9.17, 15) is 4.79 Å². The number of hydrogen-bond donors (Lipinski definition) is 0. The zero-order valence-corrected chi connectivity index (χ0v) is 11.7. The van der Waals surface area contributed by atoms with Crippen molar-refractivity contribution in [3.8, 4) is 11.5 Å². The number of aromatic nitrogens is 1. The molecule has 0 spiro atoms. The quantitative estimate of drug-likeness (QED) is 0.865. The summed E-state index contributed by atoms with van der Waals surface area (Å²) >= 11 is 0. The molecule has 1 amide bonds. The van der Waals surface area contributed by atoms with E-state index < -0.39 is 0 Å². The number of carbonyl (C=O) groups is 1. The van der Waals surface area contributed by atoms with E-state index >= 15 is 0 Å². The second-order valence-electron chi connectivity index (χ2n) is 4.92. The summed E-state index contributed by atoms with van der Waals surface area (Å²) in [5.41, 5.74) is 0.615. The number of hydrogen-bond acceptors (Lipinski definition) is 4. The Morgan fingerprint density at radius 2 is 1.95 bits per heavy atom. The van der Waals surface area contributed by atoms with E-state index in [-0.39, 0.29) is 12.0 Å². The highest BCUT2D eigenvalue weighted by Gasteiger charge is 2.24. The lowest BCUT2D eigenvalue weighted by Crippen LogP contribution is -2.41. The maximum absolute atomic E-state index is 12.3. The van der Waals surface area contributed by atoms with Gasteiger partial charge >= 0.3 is 0 Å². The van der Waals surface area contributed by atoms with Gasteiger partial charge in [0.05, 0.1) is 6.54 Å². The second-order valence-corrected chi connectivity index (χ2v) is 4.92. The molecule has 0 bridgehead atoms. The number of carbonyl (C=O) groups excluding carboxylic acids is 1. The molecule has 2 heterocycles. The van der Waals surface area contributed by atoms with E-state index in [1.54, 1.807) is 36.5 Å². The lowest BCUT2D eigenvalue weighted by Gasteiger charge is -2.29. The third-order valence-corrected chi connectivity index (χ3v) is 3.32. The van der Waals surface area contributed by atoms with Gasteiger partial charge in [0.2, 0.25) is 0 Å². The maximum Gasteiger partial charge on any atom is 0.253 e. The Hall–Kier alpha value is -2.56. The van der Waals surface area contributed by atoms with Gasteiger partial charge in [0.15, 0.2) is 17.6 Å². The van der Waals surface area contributed by atoms with Crippen molar-refractivity contribution in [1.29, 1.82) is 0 Å². The van der Waals surface area contributed by atoms with Crippen molar-refractivity contribution in [2.75, 3.05) is 20.2 Å². The van der Waals surface area contributed by atoms with Gasteiger partial charge in [-0.25, -0.2) is 0 Å². The van der Waals surface area contributed by atoms with Gasteiger partial charge in [-0.2, -0.15) is 0 Å². The van der Waals surface area contributed by atoms with E-state index in [0.29, 0.717) is 18.7 Å². The SMILES string of the molecule is CN(CC1COc2ccccc2O1)C(=O)c1ccncc1. The highest BCUT2D eigenvalue weighted by atomic mass is 16.6. The first-order valence-electron chi connectivity index (χ1n) is 6.78. The number of pyridine rings is 1. The molecule has 0 saturated carbocycles. The van der Waals surface area contributed by atoms with Crippen molar-refractivity contribution in [3.05, 3.63) is 54.4 Å². The first-order chi connectivity index (χ1) is 10.2.